The Kier molecular flexibility index (Phi) is 5.09. The SMILES string of the molecule is CCC(C)(CCCl)NC(=O)c1ccc(Cl)s1. The Labute approximate surface area is 110 Å². The number of alkyl halides is 1. The Morgan fingerprint density at radius 3 is 2.69 bits per heavy atom. The molecule has 0 radical (unpaired) electrons. The van der Waals surface area contributed by atoms with Crippen LogP contribution in [0.2, 0.25) is 4.34 Å². The molecule has 16 heavy (non-hydrogen) atoms. The normalized spacial score (nSPS) is 14.5. The average Bonchev–Trinajstić information content (AvgIpc) is 2.65. The number of thiophene rings is 1. The molecule has 0 saturated carbocycles. The van der Waals surface area contributed by atoms with Crippen LogP contribution >= 0.6 is 34.5 Å². The smallest absolute Gasteiger partial charge is 0.261 e. The van der Waals surface area contributed by atoms with Gasteiger partial charge in [-0.3, -0.25) is 4.79 Å². The molecule has 0 aliphatic carbocycles. The lowest BCUT2D eigenvalue weighted by Gasteiger charge is -2.28. The van der Waals surface area contributed by atoms with Crippen LogP contribution < -0.4 is 5.32 Å². The van der Waals surface area contributed by atoms with E-state index in [9.17, 15) is 4.79 Å². The minimum atomic E-state index is -0.241. The number of rotatable bonds is 5. The molecule has 1 rings (SSSR count). The molecule has 1 aromatic heterocycles. The minimum absolute atomic E-state index is 0.0774. The second kappa shape index (κ2) is 5.89. The zero-order valence-corrected chi connectivity index (χ0v) is 11.7. The van der Waals surface area contributed by atoms with Gasteiger partial charge in [0.15, 0.2) is 0 Å². The van der Waals surface area contributed by atoms with Crippen molar-refractivity contribution in [2.24, 2.45) is 0 Å². The molecule has 0 fully saturated rings. The highest BCUT2D eigenvalue weighted by Crippen LogP contribution is 2.23. The third-order valence-corrected chi connectivity index (χ3v) is 4.06. The Morgan fingerprint density at radius 2 is 2.25 bits per heavy atom. The van der Waals surface area contributed by atoms with Gasteiger partial charge in [-0.05, 0) is 31.9 Å². The number of hydrogen-bond acceptors (Lipinski definition) is 2. The number of nitrogens with one attached hydrogen (secondary N) is 1. The zero-order chi connectivity index (χ0) is 12.2. The standard InChI is InChI=1S/C11H15Cl2NOS/c1-3-11(2,6-7-12)14-10(15)8-4-5-9(13)16-8/h4-5H,3,6-7H2,1-2H3,(H,14,15). The van der Waals surface area contributed by atoms with E-state index >= 15 is 0 Å². The van der Waals surface area contributed by atoms with Crippen LogP contribution in [0.15, 0.2) is 12.1 Å². The maximum atomic E-state index is 11.9. The van der Waals surface area contributed by atoms with Crippen molar-refractivity contribution < 1.29 is 4.79 Å². The predicted molar refractivity (Wildman–Crippen MR) is 70.8 cm³/mol. The van der Waals surface area contributed by atoms with Gasteiger partial charge < -0.3 is 5.32 Å². The number of carbonyl (C=O) groups excluding carboxylic acids is 1. The van der Waals surface area contributed by atoms with Gasteiger partial charge in [0.1, 0.15) is 0 Å². The van der Waals surface area contributed by atoms with E-state index in [2.05, 4.69) is 5.32 Å². The third-order valence-electron chi connectivity index (χ3n) is 2.64. The van der Waals surface area contributed by atoms with Gasteiger partial charge in [0.05, 0.1) is 9.21 Å². The number of hydrogen-bond donors (Lipinski definition) is 1. The van der Waals surface area contributed by atoms with E-state index in [1.165, 1.54) is 11.3 Å². The highest BCUT2D eigenvalue weighted by molar-refractivity contribution is 7.18. The highest BCUT2D eigenvalue weighted by Gasteiger charge is 2.24. The Hall–Kier alpha value is -0.250. The van der Waals surface area contributed by atoms with Crippen LogP contribution in [-0.4, -0.2) is 17.3 Å². The fourth-order valence-electron chi connectivity index (χ4n) is 1.31. The topological polar surface area (TPSA) is 29.1 Å². The van der Waals surface area contributed by atoms with Gasteiger partial charge in [0.25, 0.3) is 5.91 Å². The summed E-state index contributed by atoms with van der Waals surface area (Å²) in [5.41, 5.74) is -0.241. The van der Waals surface area contributed by atoms with Crippen LogP contribution in [-0.2, 0) is 0 Å². The van der Waals surface area contributed by atoms with E-state index < -0.39 is 0 Å². The first kappa shape index (κ1) is 13.8. The largest absolute Gasteiger partial charge is 0.346 e. The second-order valence-electron chi connectivity index (χ2n) is 3.91. The van der Waals surface area contributed by atoms with Gasteiger partial charge in [-0.25, -0.2) is 0 Å². The number of carbonyl (C=O) groups is 1. The van der Waals surface area contributed by atoms with E-state index in [-0.39, 0.29) is 11.4 Å². The van der Waals surface area contributed by atoms with Crippen LogP contribution in [0.3, 0.4) is 0 Å². The second-order valence-corrected chi connectivity index (χ2v) is 6.00. The van der Waals surface area contributed by atoms with Gasteiger partial charge in [0.2, 0.25) is 0 Å². The van der Waals surface area contributed by atoms with Crippen molar-refractivity contribution in [3.63, 3.8) is 0 Å². The molecule has 0 spiro atoms. The molecule has 1 atom stereocenters. The third kappa shape index (κ3) is 3.65. The molecule has 1 amide bonds. The summed E-state index contributed by atoms with van der Waals surface area (Å²) in [5.74, 6) is 0.460. The van der Waals surface area contributed by atoms with Crippen LogP contribution in [0.4, 0.5) is 0 Å². The summed E-state index contributed by atoms with van der Waals surface area (Å²) in [6.07, 6.45) is 1.61. The monoisotopic (exact) mass is 279 g/mol. The molecule has 0 aliphatic heterocycles. The van der Waals surface area contributed by atoms with E-state index in [1.807, 2.05) is 13.8 Å². The molecule has 0 aliphatic rings. The maximum Gasteiger partial charge on any atom is 0.261 e. The van der Waals surface area contributed by atoms with Crippen LogP contribution in [0.25, 0.3) is 0 Å². The van der Waals surface area contributed by atoms with E-state index in [4.69, 9.17) is 23.2 Å². The summed E-state index contributed by atoms with van der Waals surface area (Å²) in [6, 6.07) is 3.46. The molecule has 5 heteroatoms. The zero-order valence-electron chi connectivity index (χ0n) is 9.35. The quantitative estimate of drug-likeness (QED) is 0.813. The summed E-state index contributed by atoms with van der Waals surface area (Å²) >= 11 is 12.8. The van der Waals surface area contributed by atoms with Crippen LogP contribution in [0.1, 0.15) is 36.4 Å². The van der Waals surface area contributed by atoms with Gasteiger partial charge in [-0.15, -0.1) is 22.9 Å². The lowest BCUT2D eigenvalue weighted by Crippen LogP contribution is -2.45. The molecular weight excluding hydrogens is 265 g/mol. The Bertz CT molecular complexity index is 367. The van der Waals surface area contributed by atoms with Crippen molar-refractivity contribution >= 4 is 40.4 Å². The van der Waals surface area contributed by atoms with E-state index in [0.29, 0.717) is 15.1 Å². The van der Waals surface area contributed by atoms with Crippen molar-refractivity contribution in [2.75, 3.05) is 5.88 Å². The maximum absolute atomic E-state index is 11.9. The number of halogens is 2. The first-order chi connectivity index (χ1) is 7.50. The average molecular weight is 280 g/mol. The van der Waals surface area contributed by atoms with E-state index in [0.717, 1.165) is 12.8 Å². The lowest BCUT2D eigenvalue weighted by atomic mass is 9.95. The molecule has 0 aromatic carbocycles. The minimum Gasteiger partial charge on any atom is -0.346 e. The Balaban J connectivity index is 2.69. The summed E-state index contributed by atoms with van der Waals surface area (Å²) in [7, 11) is 0. The first-order valence-electron chi connectivity index (χ1n) is 5.14. The predicted octanol–water partition coefficient (Wildman–Crippen LogP) is 3.93. The van der Waals surface area contributed by atoms with Crippen molar-refractivity contribution in [1.82, 2.24) is 5.32 Å². The van der Waals surface area contributed by atoms with Gasteiger partial charge in [-0.1, -0.05) is 18.5 Å². The van der Waals surface area contributed by atoms with Crippen LogP contribution in [0.5, 0.6) is 0 Å². The summed E-state index contributed by atoms with van der Waals surface area (Å²) in [4.78, 5) is 12.5. The molecule has 1 N–H and O–H groups in total. The first-order valence-corrected chi connectivity index (χ1v) is 6.87. The van der Waals surface area contributed by atoms with Crippen molar-refractivity contribution in [1.29, 1.82) is 0 Å². The van der Waals surface area contributed by atoms with Crippen molar-refractivity contribution in [2.45, 2.75) is 32.2 Å². The molecule has 90 valence electrons. The van der Waals surface area contributed by atoms with Gasteiger partial charge in [0, 0.05) is 11.4 Å². The highest BCUT2D eigenvalue weighted by atomic mass is 35.5. The molecule has 1 unspecified atom stereocenters. The molecular formula is C11H15Cl2NOS. The van der Waals surface area contributed by atoms with Crippen LogP contribution in [0, 0.1) is 0 Å². The summed E-state index contributed by atoms with van der Waals surface area (Å²) < 4.78 is 0.626. The lowest BCUT2D eigenvalue weighted by molar-refractivity contribution is 0.0906. The molecule has 0 bridgehead atoms. The molecule has 2 nitrogen and oxygen atoms in total. The van der Waals surface area contributed by atoms with Crippen molar-refractivity contribution in [3.8, 4) is 0 Å². The summed E-state index contributed by atoms with van der Waals surface area (Å²) in [5, 5.41) is 3.00. The van der Waals surface area contributed by atoms with Crippen molar-refractivity contribution in [3.05, 3.63) is 21.3 Å². The fraction of sp³-hybridized carbons (Fsp3) is 0.545. The van der Waals surface area contributed by atoms with Gasteiger partial charge in [-0.2, -0.15) is 0 Å². The molecule has 1 heterocycles. The van der Waals surface area contributed by atoms with E-state index in [1.54, 1.807) is 12.1 Å². The molecule has 0 saturated heterocycles. The number of amides is 1. The van der Waals surface area contributed by atoms with Gasteiger partial charge >= 0.3 is 0 Å². The Morgan fingerprint density at radius 1 is 1.56 bits per heavy atom. The fourth-order valence-corrected chi connectivity index (χ4v) is 2.66. The summed E-state index contributed by atoms with van der Waals surface area (Å²) in [6.45, 7) is 4.04. The molecule has 1 aromatic rings.